The van der Waals surface area contributed by atoms with Crippen molar-refractivity contribution in [3.63, 3.8) is 0 Å². The van der Waals surface area contributed by atoms with Crippen LogP contribution < -0.4 is 10.6 Å². The third kappa shape index (κ3) is 4.14. The Hall–Kier alpha value is -2.18. The fourth-order valence-electron chi connectivity index (χ4n) is 2.64. The number of halogens is 2. The van der Waals surface area contributed by atoms with E-state index < -0.39 is 12.0 Å². The number of urea groups is 1. The summed E-state index contributed by atoms with van der Waals surface area (Å²) >= 11 is 12.0. The predicted molar refractivity (Wildman–Crippen MR) is 105 cm³/mol. The summed E-state index contributed by atoms with van der Waals surface area (Å²) in [5, 5.41) is 5.87. The van der Waals surface area contributed by atoms with E-state index in [2.05, 4.69) is 10.6 Å². The van der Waals surface area contributed by atoms with Crippen molar-refractivity contribution in [3.05, 3.63) is 45.7 Å². The molecule has 0 saturated heterocycles. The molecule has 0 spiro atoms. The summed E-state index contributed by atoms with van der Waals surface area (Å²) < 4.78 is 6.56. The topological polar surface area (TPSA) is 72.4 Å². The zero-order valence-electron chi connectivity index (χ0n) is 15.2. The van der Waals surface area contributed by atoms with Gasteiger partial charge in [0.15, 0.2) is 5.69 Å². The standard InChI is InChI=1S/C18H21Cl2N3O3/c1-18(2,3)13-9-12(15(23(13)4)16(24)26-5)22-17(25)21-11-8-6-7-10(19)14(11)20/h6-9H,1-5H3,(H2,21,22,25). The van der Waals surface area contributed by atoms with Crippen molar-refractivity contribution >= 4 is 46.6 Å². The van der Waals surface area contributed by atoms with Crippen LogP contribution in [0.25, 0.3) is 0 Å². The molecule has 0 radical (unpaired) electrons. The maximum atomic E-state index is 12.4. The van der Waals surface area contributed by atoms with Gasteiger partial charge in [-0.25, -0.2) is 9.59 Å². The summed E-state index contributed by atoms with van der Waals surface area (Å²) in [6.07, 6.45) is 0. The van der Waals surface area contributed by atoms with Crippen LogP contribution in [0.15, 0.2) is 24.3 Å². The van der Waals surface area contributed by atoms with Crippen LogP contribution in [0.5, 0.6) is 0 Å². The number of hydrogen-bond donors (Lipinski definition) is 2. The molecular weight excluding hydrogens is 377 g/mol. The Balaban J connectivity index is 2.34. The number of nitrogens with one attached hydrogen (secondary N) is 2. The third-order valence-corrected chi connectivity index (χ3v) is 4.65. The van der Waals surface area contributed by atoms with Gasteiger partial charge in [0.2, 0.25) is 0 Å². The summed E-state index contributed by atoms with van der Waals surface area (Å²) in [7, 11) is 3.05. The van der Waals surface area contributed by atoms with Gasteiger partial charge in [0, 0.05) is 18.2 Å². The Kier molecular flexibility index (Phi) is 5.88. The molecule has 1 aromatic carbocycles. The van der Waals surface area contributed by atoms with E-state index in [1.807, 2.05) is 20.8 Å². The molecular formula is C18H21Cl2N3O3. The first-order chi connectivity index (χ1) is 12.1. The molecule has 8 heteroatoms. The molecule has 0 aliphatic carbocycles. The normalized spacial score (nSPS) is 11.2. The van der Waals surface area contributed by atoms with E-state index >= 15 is 0 Å². The van der Waals surface area contributed by atoms with Crippen LogP contribution in [0.3, 0.4) is 0 Å². The minimum atomic E-state index is -0.551. The highest BCUT2D eigenvalue weighted by Gasteiger charge is 2.27. The summed E-state index contributed by atoms with van der Waals surface area (Å²) in [6, 6.07) is 6.12. The van der Waals surface area contributed by atoms with E-state index in [-0.39, 0.29) is 16.1 Å². The molecule has 2 rings (SSSR count). The highest BCUT2D eigenvalue weighted by atomic mass is 35.5. The van der Waals surface area contributed by atoms with Crippen molar-refractivity contribution in [2.75, 3.05) is 17.7 Å². The molecule has 0 aliphatic heterocycles. The number of carbonyl (C=O) groups excluding carboxylic acids is 2. The molecule has 26 heavy (non-hydrogen) atoms. The SMILES string of the molecule is COC(=O)c1c(NC(=O)Nc2cccc(Cl)c2Cl)cc(C(C)(C)C)n1C. The maximum Gasteiger partial charge on any atom is 0.356 e. The second kappa shape index (κ2) is 7.60. The van der Waals surface area contributed by atoms with Gasteiger partial charge < -0.3 is 19.9 Å². The molecule has 0 aliphatic rings. The average molecular weight is 398 g/mol. The maximum absolute atomic E-state index is 12.4. The first-order valence-corrected chi connectivity index (χ1v) is 8.62. The molecule has 0 unspecified atom stereocenters. The van der Waals surface area contributed by atoms with Gasteiger partial charge in [-0.2, -0.15) is 0 Å². The average Bonchev–Trinajstić information content (AvgIpc) is 2.87. The molecule has 1 heterocycles. The first kappa shape index (κ1) is 20.1. The molecule has 0 saturated carbocycles. The fraction of sp³-hybridized carbons (Fsp3) is 0.333. The lowest BCUT2D eigenvalue weighted by molar-refractivity contribution is 0.0590. The summed E-state index contributed by atoms with van der Waals surface area (Å²) in [5.41, 5.74) is 1.60. The number of nitrogens with zero attached hydrogens (tertiary/aromatic N) is 1. The quantitative estimate of drug-likeness (QED) is 0.710. The lowest BCUT2D eigenvalue weighted by Crippen LogP contribution is -2.22. The Morgan fingerprint density at radius 2 is 1.73 bits per heavy atom. The van der Waals surface area contributed by atoms with E-state index in [0.717, 1.165) is 5.69 Å². The summed E-state index contributed by atoms with van der Waals surface area (Å²) in [6.45, 7) is 6.04. The van der Waals surface area contributed by atoms with E-state index in [0.29, 0.717) is 16.4 Å². The second-order valence-electron chi connectivity index (χ2n) is 6.77. The minimum Gasteiger partial charge on any atom is -0.464 e. The minimum absolute atomic E-state index is 0.232. The molecule has 0 atom stereocenters. The van der Waals surface area contributed by atoms with Gasteiger partial charge >= 0.3 is 12.0 Å². The van der Waals surface area contributed by atoms with Crippen molar-refractivity contribution in [3.8, 4) is 0 Å². The Morgan fingerprint density at radius 1 is 1.12 bits per heavy atom. The summed E-state index contributed by atoms with van der Waals surface area (Å²) in [4.78, 5) is 24.6. The third-order valence-electron chi connectivity index (χ3n) is 3.83. The van der Waals surface area contributed by atoms with Crippen LogP contribution in [-0.2, 0) is 17.2 Å². The van der Waals surface area contributed by atoms with Crippen molar-refractivity contribution < 1.29 is 14.3 Å². The lowest BCUT2D eigenvalue weighted by atomic mass is 9.92. The van der Waals surface area contributed by atoms with Crippen molar-refractivity contribution in [1.29, 1.82) is 0 Å². The number of ether oxygens (including phenoxy) is 1. The second-order valence-corrected chi connectivity index (χ2v) is 7.56. The largest absolute Gasteiger partial charge is 0.464 e. The van der Waals surface area contributed by atoms with Gasteiger partial charge in [0.05, 0.1) is 28.5 Å². The van der Waals surface area contributed by atoms with Crippen LogP contribution in [0.1, 0.15) is 37.0 Å². The van der Waals surface area contributed by atoms with Crippen LogP contribution in [-0.4, -0.2) is 23.7 Å². The predicted octanol–water partition coefficient (Wildman–Crippen LogP) is 5.06. The molecule has 2 N–H and O–H groups in total. The number of benzene rings is 1. The number of esters is 1. The van der Waals surface area contributed by atoms with E-state index in [1.165, 1.54) is 7.11 Å². The Labute approximate surface area is 162 Å². The molecule has 0 fully saturated rings. The Morgan fingerprint density at radius 3 is 2.31 bits per heavy atom. The highest BCUT2D eigenvalue weighted by molar-refractivity contribution is 6.44. The van der Waals surface area contributed by atoms with Gasteiger partial charge in [-0.1, -0.05) is 50.0 Å². The van der Waals surface area contributed by atoms with Gasteiger partial charge in [0.25, 0.3) is 0 Å². The zero-order chi connectivity index (χ0) is 19.6. The lowest BCUT2D eigenvalue weighted by Gasteiger charge is -2.19. The smallest absolute Gasteiger partial charge is 0.356 e. The molecule has 6 nitrogen and oxygen atoms in total. The number of carbonyl (C=O) groups is 2. The number of rotatable bonds is 3. The van der Waals surface area contributed by atoms with Gasteiger partial charge in [-0.15, -0.1) is 0 Å². The van der Waals surface area contributed by atoms with Gasteiger partial charge in [0.1, 0.15) is 0 Å². The number of aromatic nitrogens is 1. The van der Waals surface area contributed by atoms with Gasteiger partial charge in [-0.3, -0.25) is 0 Å². The van der Waals surface area contributed by atoms with Crippen LogP contribution >= 0.6 is 23.2 Å². The molecule has 2 amide bonds. The van der Waals surface area contributed by atoms with Crippen LogP contribution in [0.4, 0.5) is 16.2 Å². The number of anilines is 2. The monoisotopic (exact) mass is 397 g/mol. The first-order valence-electron chi connectivity index (χ1n) is 7.86. The zero-order valence-corrected chi connectivity index (χ0v) is 16.7. The van der Waals surface area contributed by atoms with Crippen molar-refractivity contribution in [2.45, 2.75) is 26.2 Å². The van der Waals surface area contributed by atoms with Crippen LogP contribution in [0.2, 0.25) is 10.0 Å². The van der Waals surface area contributed by atoms with E-state index in [1.54, 1.807) is 35.9 Å². The molecule has 0 bridgehead atoms. The van der Waals surface area contributed by atoms with E-state index in [9.17, 15) is 9.59 Å². The molecule has 140 valence electrons. The van der Waals surface area contributed by atoms with E-state index in [4.69, 9.17) is 27.9 Å². The number of amides is 2. The summed E-state index contributed by atoms with van der Waals surface area (Å²) in [5.74, 6) is -0.543. The highest BCUT2D eigenvalue weighted by Crippen LogP contribution is 2.32. The molecule has 1 aromatic heterocycles. The number of hydrogen-bond acceptors (Lipinski definition) is 3. The van der Waals surface area contributed by atoms with Crippen molar-refractivity contribution in [1.82, 2.24) is 4.57 Å². The molecule has 2 aromatic rings. The Bertz CT molecular complexity index is 854. The van der Waals surface area contributed by atoms with Crippen LogP contribution in [0, 0.1) is 0 Å². The fourth-order valence-corrected chi connectivity index (χ4v) is 2.99. The van der Waals surface area contributed by atoms with Crippen molar-refractivity contribution in [2.24, 2.45) is 7.05 Å². The number of methoxy groups -OCH3 is 1. The van der Waals surface area contributed by atoms with Gasteiger partial charge in [-0.05, 0) is 18.2 Å².